The van der Waals surface area contributed by atoms with Crippen LogP contribution in [0.3, 0.4) is 0 Å². The van der Waals surface area contributed by atoms with E-state index < -0.39 is 0 Å². The molecule has 1 aliphatic heterocycles. The van der Waals surface area contributed by atoms with E-state index in [2.05, 4.69) is 57.8 Å². The molecule has 2 rings (SSSR count). The molecular weight excluding hydrogens is 292 g/mol. The molecule has 1 heterocycles. The highest BCUT2D eigenvalue weighted by molar-refractivity contribution is 9.10. The largest absolute Gasteiger partial charge is 0.355 e. The van der Waals surface area contributed by atoms with Crippen LogP contribution >= 0.6 is 15.9 Å². The Hall–Kier alpha value is -0.870. The van der Waals surface area contributed by atoms with Gasteiger partial charge in [-0.1, -0.05) is 28.1 Å². The second-order valence-corrected chi connectivity index (χ2v) is 5.85. The fourth-order valence-corrected chi connectivity index (χ4v) is 2.57. The molecule has 1 aliphatic rings. The Balaban J connectivity index is 1.79. The van der Waals surface area contributed by atoms with E-state index in [-0.39, 0.29) is 5.91 Å². The first-order valence-electron chi connectivity index (χ1n) is 6.40. The van der Waals surface area contributed by atoms with Crippen LogP contribution in [0.1, 0.15) is 25.3 Å². The summed E-state index contributed by atoms with van der Waals surface area (Å²) in [7, 11) is 0. The topological polar surface area (TPSA) is 41.1 Å². The maximum absolute atomic E-state index is 11.1. The maximum Gasteiger partial charge on any atom is 0.220 e. The van der Waals surface area contributed by atoms with Crippen molar-refractivity contribution in [1.29, 1.82) is 0 Å². The molecule has 98 valence electrons. The predicted molar refractivity (Wildman–Crippen MR) is 76.5 cm³/mol. The third kappa shape index (κ3) is 4.10. The summed E-state index contributed by atoms with van der Waals surface area (Å²) in [5, 5.41) is 6.48. The molecule has 2 N–H and O–H groups in total. The van der Waals surface area contributed by atoms with Crippen LogP contribution in [0, 0.1) is 0 Å². The van der Waals surface area contributed by atoms with Gasteiger partial charge in [-0.3, -0.25) is 4.79 Å². The molecule has 1 aromatic carbocycles. The van der Waals surface area contributed by atoms with E-state index >= 15 is 0 Å². The fraction of sp³-hybridized carbons (Fsp3) is 0.500. The van der Waals surface area contributed by atoms with Gasteiger partial charge in [0, 0.05) is 29.5 Å². The second kappa shape index (κ2) is 6.34. The summed E-state index contributed by atoms with van der Waals surface area (Å²) < 4.78 is 1.11. The van der Waals surface area contributed by atoms with Gasteiger partial charge in [0.1, 0.15) is 0 Å². The van der Waals surface area contributed by atoms with Crippen molar-refractivity contribution in [3.63, 3.8) is 0 Å². The smallest absolute Gasteiger partial charge is 0.220 e. The average Bonchev–Trinajstić information content (AvgIpc) is 2.35. The van der Waals surface area contributed by atoms with E-state index in [1.165, 1.54) is 5.56 Å². The Morgan fingerprint density at radius 2 is 2.17 bits per heavy atom. The van der Waals surface area contributed by atoms with Gasteiger partial charge >= 0.3 is 0 Å². The van der Waals surface area contributed by atoms with Gasteiger partial charge in [-0.2, -0.15) is 0 Å². The number of amides is 1. The van der Waals surface area contributed by atoms with Crippen molar-refractivity contribution in [2.75, 3.05) is 6.54 Å². The van der Waals surface area contributed by atoms with Gasteiger partial charge in [-0.15, -0.1) is 0 Å². The van der Waals surface area contributed by atoms with E-state index in [0.29, 0.717) is 18.5 Å². The van der Waals surface area contributed by atoms with E-state index in [4.69, 9.17) is 0 Å². The van der Waals surface area contributed by atoms with Crippen LogP contribution in [0.2, 0.25) is 0 Å². The minimum Gasteiger partial charge on any atom is -0.355 e. The minimum atomic E-state index is 0.175. The zero-order valence-electron chi connectivity index (χ0n) is 10.6. The van der Waals surface area contributed by atoms with Gasteiger partial charge in [0.05, 0.1) is 0 Å². The van der Waals surface area contributed by atoms with Crippen LogP contribution in [-0.2, 0) is 11.2 Å². The SMILES string of the molecule is CC(Cc1ccc(Br)cc1)NC1CCC(=O)NC1. The Morgan fingerprint density at radius 3 is 2.78 bits per heavy atom. The Bertz CT molecular complexity index is 395. The van der Waals surface area contributed by atoms with E-state index in [9.17, 15) is 4.79 Å². The molecule has 2 atom stereocenters. The molecule has 0 bridgehead atoms. The lowest BCUT2D eigenvalue weighted by Gasteiger charge is -2.27. The molecular formula is C14H19BrN2O. The van der Waals surface area contributed by atoms with Crippen molar-refractivity contribution in [1.82, 2.24) is 10.6 Å². The van der Waals surface area contributed by atoms with Crippen molar-refractivity contribution in [3.8, 4) is 0 Å². The van der Waals surface area contributed by atoms with Gasteiger partial charge in [0.15, 0.2) is 0 Å². The van der Waals surface area contributed by atoms with Gasteiger partial charge in [0.25, 0.3) is 0 Å². The monoisotopic (exact) mass is 310 g/mol. The molecule has 1 fully saturated rings. The van der Waals surface area contributed by atoms with Crippen LogP contribution in [0.4, 0.5) is 0 Å². The molecule has 0 radical (unpaired) electrons. The lowest BCUT2D eigenvalue weighted by molar-refractivity contribution is -0.122. The van der Waals surface area contributed by atoms with Crippen LogP contribution in [0.5, 0.6) is 0 Å². The van der Waals surface area contributed by atoms with Crippen molar-refractivity contribution in [2.24, 2.45) is 0 Å². The number of nitrogens with one attached hydrogen (secondary N) is 2. The Morgan fingerprint density at radius 1 is 1.44 bits per heavy atom. The molecule has 4 heteroatoms. The number of benzene rings is 1. The summed E-state index contributed by atoms with van der Waals surface area (Å²) in [6.07, 6.45) is 2.59. The Labute approximate surface area is 116 Å². The predicted octanol–water partition coefficient (Wildman–Crippen LogP) is 2.25. The number of rotatable bonds is 4. The molecule has 0 aromatic heterocycles. The third-order valence-corrected chi connectivity index (χ3v) is 3.77. The molecule has 0 aliphatic carbocycles. The summed E-state index contributed by atoms with van der Waals surface area (Å²) in [5.74, 6) is 0.175. The molecule has 3 nitrogen and oxygen atoms in total. The highest BCUT2D eigenvalue weighted by Crippen LogP contribution is 2.12. The van der Waals surface area contributed by atoms with Gasteiger partial charge in [-0.05, 0) is 37.5 Å². The molecule has 1 saturated heterocycles. The quantitative estimate of drug-likeness (QED) is 0.895. The first-order valence-corrected chi connectivity index (χ1v) is 7.20. The fourth-order valence-electron chi connectivity index (χ4n) is 2.31. The van der Waals surface area contributed by atoms with Crippen LogP contribution in [0.25, 0.3) is 0 Å². The highest BCUT2D eigenvalue weighted by atomic mass is 79.9. The number of piperidine rings is 1. The lowest BCUT2D eigenvalue weighted by Crippen LogP contribution is -2.48. The summed E-state index contributed by atoms with van der Waals surface area (Å²) in [6, 6.07) is 9.26. The van der Waals surface area contributed by atoms with Crippen molar-refractivity contribution >= 4 is 21.8 Å². The minimum absolute atomic E-state index is 0.175. The molecule has 1 aromatic rings. The van der Waals surface area contributed by atoms with E-state index in [1.54, 1.807) is 0 Å². The van der Waals surface area contributed by atoms with Crippen LogP contribution in [-0.4, -0.2) is 24.5 Å². The van der Waals surface area contributed by atoms with Gasteiger partial charge in [0.2, 0.25) is 5.91 Å². The maximum atomic E-state index is 11.1. The first kappa shape index (κ1) is 13.6. The molecule has 18 heavy (non-hydrogen) atoms. The summed E-state index contributed by atoms with van der Waals surface area (Å²) in [4.78, 5) is 11.1. The zero-order chi connectivity index (χ0) is 13.0. The number of hydrogen-bond donors (Lipinski definition) is 2. The molecule has 1 amide bonds. The molecule has 0 saturated carbocycles. The normalized spacial score (nSPS) is 21.4. The number of halogens is 1. The summed E-state index contributed by atoms with van der Waals surface area (Å²) in [6.45, 7) is 2.95. The van der Waals surface area contributed by atoms with E-state index in [0.717, 1.165) is 23.9 Å². The standard InChI is InChI=1S/C14H19BrN2O/c1-10(8-11-2-4-12(15)5-3-11)17-13-6-7-14(18)16-9-13/h2-5,10,13,17H,6-9H2,1H3,(H,16,18). The van der Waals surface area contributed by atoms with Crippen molar-refractivity contribution in [3.05, 3.63) is 34.3 Å². The first-order chi connectivity index (χ1) is 8.63. The zero-order valence-corrected chi connectivity index (χ0v) is 12.2. The lowest BCUT2D eigenvalue weighted by atomic mass is 10.0. The molecule has 2 unspecified atom stereocenters. The van der Waals surface area contributed by atoms with Crippen molar-refractivity contribution < 1.29 is 4.79 Å². The Kier molecular flexibility index (Phi) is 4.78. The highest BCUT2D eigenvalue weighted by Gasteiger charge is 2.19. The van der Waals surface area contributed by atoms with Crippen molar-refractivity contribution in [2.45, 2.75) is 38.3 Å². The second-order valence-electron chi connectivity index (χ2n) is 4.94. The number of hydrogen-bond acceptors (Lipinski definition) is 2. The van der Waals surface area contributed by atoms with E-state index in [1.807, 2.05) is 0 Å². The third-order valence-electron chi connectivity index (χ3n) is 3.24. The van der Waals surface area contributed by atoms with Gasteiger partial charge < -0.3 is 10.6 Å². The summed E-state index contributed by atoms with van der Waals surface area (Å²) in [5.41, 5.74) is 1.33. The van der Waals surface area contributed by atoms with Crippen LogP contribution < -0.4 is 10.6 Å². The number of carbonyl (C=O) groups excluding carboxylic acids is 1. The molecule has 0 spiro atoms. The van der Waals surface area contributed by atoms with Crippen LogP contribution in [0.15, 0.2) is 28.7 Å². The number of carbonyl (C=O) groups is 1. The average molecular weight is 311 g/mol. The summed E-state index contributed by atoms with van der Waals surface area (Å²) >= 11 is 3.44. The van der Waals surface area contributed by atoms with Gasteiger partial charge in [-0.25, -0.2) is 0 Å².